The smallest absolute Gasteiger partial charge is 0.248 e. The average Bonchev–Trinajstić information content (AvgIpc) is 2.53. The summed E-state index contributed by atoms with van der Waals surface area (Å²) in [5, 5.41) is 0. The van der Waals surface area contributed by atoms with Crippen molar-refractivity contribution in [2.45, 2.75) is 25.8 Å². The number of piperidine rings is 1. The van der Waals surface area contributed by atoms with E-state index in [1.165, 1.54) is 0 Å². The summed E-state index contributed by atoms with van der Waals surface area (Å²) >= 11 is 0. The topological polar surface area (TPSA) is 89.4 Å². The summed E-state index contributed by atoms with van der Waals surface area (Å²) in [6.45, 7) is 3.50. The Morgan fingerprint density at radius 2 is 2.00 bits per heavy atom. The highest BCUT2D eigenvalue weighted by Gasteiger charge is 2.24. The lowest BCUT2D eigenvalue weighted by molar-refractivity contribution is -0.127. The van der Waals surface area contributed by atoms with Gasteiger partial charge in [0.15, 0.2) is 0 Å². The van der Waals surface area contributed by atoms with Crippen LogP contribution >= 0.6 is 0 Å². The highest BCUT2D eigenvalue weighted by Crippen LogP contribution is 2.19. The van der Waals surface area contributed by atoms with Gasteiger partial charge in [-0.1, -0.05) is 12.1 Å². The van der Waals surface area contributed by atoms with E-state index in [0.29, 0.717) is 11.5 Å². The van der Waals surface area contributed by atoms with Gasteiger partial charge in [0.2, 0.25) is 11.8 Å². The summed E-state index contributed by atoms with van der Waals surface area (Å²) in [5.74, 6) is -0.0767. The molecule has 0 spiro atoms. The van der Waals surface area contributed by atoms with Crippen molar-refractivity contribution in [2.75, 3.05) is 13.1 Å². The van der Waals surface area contributed by atoms with Crippen molar-refractivity contribution in [3.8, 4) is 0 Å². The lowest BCUT2D eigenvalue weighted by Crippen LogP contribution is -2.44. The van der Waals surface area contributed by atoms with Crippen molar-refractivity contribution in [3.05, 3.63) is 41.5 Å². The third-order valence-electron chi connectivity index (χ3n) is 4.13. The normalized spacial score (nSPS) is 20.1. The van der Waals surface area contributed by atoms with Gasteiger partial charge >= 0.3 is 0 Å². The summed E-state index contributed by atoms with van der Waals surface area (Å²) in [4.78, 5) is 25.1. The van der Waals surface area contributed by atoms with E-state index in [-0.39, 0.29) is 11.9 Å². The van der Waals surface area contributed by atoms with E-state index in [1.807, 2.05) is 11.8 Å². The van der Waals surface area contributed by atoms with Gasteiger partial charge in [0.1, 0.15) is 0 Å². The van der Waals surface area contributed by atoms with Crippen molar-refractivity contribution in [3.63, 3.8) is 0 Å². The molecule has 0 aliphatic carbocycles. The molecule has 0 radical (unpaired) electrons. The lowest BCUT2D eigenvalue weighted by Gasteiger charge is -2.34. The number of nitrogens with zero attached hydrogens (tertiary/aromatic N) is 1. The van der Waals surface area contributed by atoms with Crippen LogP contribution in [0.1, 0.15) is 35.7 Å². The number of hydrogen-bond donors (Lipinski definition) is 2. The number of carbonyl (C=O) groups excluding carboxylic acids is 2. The van der Waals surface area contributed by atoms with Gasteiger partial charge in [0.25, 0.3) is 0 Å². The van der Waals surface area contributed by atoms with Crippen LogP contribution in [0.2, 0.25) is 0 Å². The Hall–Kier alpha value is -2.14. The van der Waals surface area contributed by atoms with Crippen LogP contribution in [-0.2, 0) is 4.79 Å². The van der Waals surface area contributed by atoms with E-state index in [2.05, 4.69) is 0 Å². The predicted molar refractivity (Wildman–Crippen MR) is 86.9 cm³/mol. The molecule has 1 aromatic carbocycles. The van der Waals surface area contributed by atoms with Crippen LogP contribution in [0.5, 0.6) is 0 Å². The highest BCUT2D eigenvalue weighted by molar-refractivity contribution is 5.94. The SMILES string of the molecule is CC(N)C1CCCN(C(=O)/C=C/c2ccc(C(N)=O)cc2)C1. The number of amides is 2. The lowest BCUT2D eigenvalue weighted by atomic mass is 9.92. The van der Waals surface area contributed by atoms with Crippen molar-refractivity contribution in [1.82, 2.24) is 4.90 Å². The van der Waals surface area contributed by atoms with Gasteiger partial charge in [0.05, 0.1) is 0 Å². The Labute approximate surface area is 131 Å². The van der Waals surface area contributed by atoms with Gasteiger partial charge in [-0.3, -0.25) is 9.59 Å². The standard InChI is InChI=1S/C17H23N3O2/c1-12(18)15-3-2-10-20(11-15)16(21)9-6-13-4-7-14(8-5-13)17(19)22/h4-9,12,15H,2-3,10-11,18H2,1H3,(H2,19,22)/b9-6+. The van der Waals surface area contributed by atoms with Gasteiger partial charge in [-0.25, -0.2) is 0 Å². The van der Waals surface area contributed by atoms with Crippen LogP contribution in [0.3, 0.4) is 0 Å². The monoisotopic (exact) mass is 301 g/mol. The van der Waals surface area contributed by atoms with Gasteiger partial charge < -0.3 is 16.4 Å². The number of primary amides is 1. The van der Waals surface area contributed by atoms with Crippen LogP contribution in [0, 0.1) is 5.92 Å². The Balaban J connectivity index is 1.97. The molecule has 2 amide bonds. The molecular weight excluding hydrogens is 278 g/mol. The van der Waals surface area contributed by atoms with E-state index in [1.54, 1.807) is 36.4 Å². The van der Waals surface area contributed by atoms with E-state index in [9.17, 15) is 9.59 Å². The minimum absolute atomic E-state index is 0.00401. The Kier molecular flexibility index (Phi) is 5.33. The number of rotatable bonds is 4. The second-order valence-electron chi connectivity index (χ2n) is 5.87. The van der Waals surface area contributed by atoms with Crippen molar-refractivity contribution in [2.24, 2.45) is 17.4 Å². The largest absolute Gasteiger partial charge is 0.366 e. The summed E-state index contributed by atoms with van der Waals surface area (Å²) in [6.07, 6.45) is 5.41. The fraction of sp³-hybridized carbons (Fsp3) is 0.412. The van der Waals surface area contributed by atoms with Gasteiger partial charge in [-0.2, -0.15) is 0 Å². The second kappa shape index (κ2) is 7.22. The van der Waals surface area contributed by atoms with Gasteiger partial charge in [-0.05, 0) is 49.5 Å². The Morgan fingerprint density at radius 1 is 1.32 bits per heavy atom. The van der Waals surface area contributed by atoms with E-state index >= 15 is 0 Å². The first-order valence-electron chi connectivity index (χ1n) is 7.60. The Bertz CT molecular complexity index is 564. The van der Waals surface area contributed by atoms with Crippen LogP contribution in [0.4, 0.5) is 0 Å². The first-order chi connectivity index (χ1) is 10.5. The molecule has 0 aromatic heterocycles. The minimum Gasteiger partial charge on any atom is -0.366 e. The molecule has 1 saturated heterocycles. The number of carbonyl (C=O) groups is 2. The minimum atomic E-state index is -0.457. The molecule has 5 nitrogen and oxygen atoms in total. The van der Waals surface area contributed by atoms with Gasteiger partial charge in [0, 0.05) is 30.8 Å². The molecule has 2 unspecified atom stereocenters. The van der Waals surface area contributed by atoms with E-state index in [4.69, 9.17) is 11.5 Å². The first-order valence-corrected chi connectivity index (χ1v) is 7.60. The maximum absolute atomic E-state index is 12.2. The van der Waals surface area contributed by atoms with Crippen LogP contribution in [-0.4, -0.2) is 35.8 Å². The zero-order valence-corrected chi connectivity index (χ0v) is 12.9. The molecule has 1 aliphatic rings. The van der Waals surface area contributed by atoms with Crippen LogP contribution < -0.4 is 11.5 Å². The quantitative estimate of drug-likeness (QED) is 0.823. The molecule has 5 heteroatoms. The molecule has 118 valence electrons. The Morgan fingerprint density at radius 3 is 2.59 bits per heavy atom. The number of likely N-dealkylation sites (tertiary alicyclic amines) is 1. The van der Waals surface area contributed by atoms with Crippen molar-refractivity contribution in [1.29, 1.82) is 0 Å². The van der Waals surface area contributed by atoms with Crippen molar-refractivity contribution >= 4 is 17.9 Å². The first kappa shape index (κ1) is 16.2. The number of benzene rings is 1. The summed E-state index contributed by atoms with van der Waals surface area (Å²) in [6, 6.07) is 6.95. The molecular formula is C17H23N3O2. The molecule has 1 aliphatic heterocycles. The summed E-state index contributed by atoms with van der Waals surface area (Å²) < 4.78 is 0. The van der Waals surface area contributed by atoms with E-state index < -0.39 is 5.91 Å². The summed E-state index contributed by atoms with van der Waals surface area (Å²) in [5.41, 5.74) is 12.5. The molecule has 1 aromatic rings. The fourth-order valence-corrected chi connectivity index (χ4v) is 2.67. The number of hydrogen-bond acceptors (Lipinski definition) is 3. The van der Waals surface area contributed by atoms with E-state index in [0.717, 1.165) is 31.5 Å². The average molecular weight is 301 g/mol. The third-order valence-corrected chi connectivity index (χ3v) is 4.13. The van der Waals surface area contributed by atoms with Crippen molar-refractivity contribution < 1.29 is 9.59 Å². The molecule has 2 atom stereocenters. The fourth-order valence-electron chi connectivity index (χ4n) is 2.67. The zero-order chi connectivity index (χ0) is 16.1. The van der Waals surface area contributed by atoms with Gasteiger partial charge in [-0.15, -0.1) is 0 Å². The molecule has 2 rings (SSSR count). The molecule has 22 heavy (non-hydrogen) atoms. The zero-order valence-electron chi connectivity index (χ0n) is 12.9. The molecule has 0 saturated carbocycles. The van der Waals surface area contributed by atoms with Crippen LogP contribution in [0.25, 0.3) is 6.08 Å². The highest BCUT2D eigenvalue weighted by atomic mass is 16.2. The molecule has 4 N–H and O–H groups in total. The maximum atomic E-state index is 12.2. The molecule has 1 heterocycles. The molecule has 0 bridgehead atoms. The number of nitrogens with two attached hydrogens (primary N) is 2. The second-order valence-corrected chi connectivity index (χ2v) is 5.87. The summed E-state index contributed by atoms with van der Waals surface area (Å²) in [7, 11) is 0. The maximum Gasteiger partial charge on any atom is 0.248 e. The van der Waals surface area contributed by atoms with Crippen LogP contribution in [0.15, 0.2) is 30.3 Å². The third kappa shape index (κ3) is 4.18. The molecule has 1 fully saturated rings. The predicted octanol–water partition coefficient (Wildman–Crippen LogP) is 1.38.